The topological polar surface area (TPSA) is 24.3 Å². The standard InChI is InChI=1S/C24H24ClFN4/c1-2-28-7-9-29(10-8-28)23-13-22-18(12-20(23)26)24-19(14-30(22)16-4-5-16)17-6-3-15(25)11-21(17)27-24/h3,6,11-14,16H,2,4-5,7-10H2,1H3. The smallest absolute Gasteiger partial charge is 0.147 e. The summed E-state index contributed by atoms with van der Waals surface area (Å²) in [5, 5.41) is 2.63. The van der Waals surface area contributed by atoms with E-state index in [1.165, 1.54) is 12.8 Å². The van der Waals surface area contributed by atoms with Gasteiger partial charge in [0, 0.05) is 59.8 Å². The molecule has 0 N–H and O–H groups in total. The lowest BCUT2D eigenvalue weighted by atomic mass is 10.0. The summed E-state index contributed by atoms with van der Waals surface area (Å²) in [5.74, 6) is -0.160. The first-order chi connectivity index (χ1) is 14.6. The van der Waals surface area contributed by atoms with Crippen molar-refractivity contribution in [3.05, 3.63) is 47.4 Å². The van der Waals surface area contributed by atoms with Crippen molar-refractivity contribution in [3.8, 4) is 11.3 Å². The summed E-state index contributed by atoms with van der Waals surface area (Å²) in [6.45, 7) is 6.91. The first-order valence-corrected chi connectivity index (χ1v) is 11.2. The van der Waals surface area contributed by atoms with Gasteiger partial charge in [0.05, 0.1) is 22.4 Å². The van der Waals surface area contributed by atoms with Gasteiger partial charge in [0.15, 0.2) is 0 Å². The highest BCUT2D eigenvalue weighted by atomic mass is 35.5. The van der Waals surface area contributed by atoms with Crippen LogP contribution in [0.5, 0.6) is 0 Å². The normalized spacial score (nSPS) is 18.2. The van der Waals surface area contributed by atoms with Gasteiger partial charge in [-0.05, 0) is 43.7 Å². The minimum atomic E-state index is -0.160. The van der Waals surface area contributed by atoms with Crippen molar-refractivity contribution in [2.75, 3.05) is 37.6 Å². The van der Waals surface area contributed by atoms with Gasteiger partial charge in [-0.2, -0.15) is 0 Å². The third-order valence-electron chi connectivity index (χ3n) is 6.70. The van der Waals surface area contributed by atoms with Crippen molar-refractivity contribution in [3.63, 3.8) is 0 Å². The van der Waals surface area contributed by atoms with E-state index in [9.17, 15) is 0 Å². The van der Waals surface area contributed by atoms with Gasteiger partial charge in [0.1, 0.15) is 5.82 Å². The molecule has 4 aliphatic rings. The van der Waals surface area contributed by atoms with E-state index in [-0.39, 0.29) is 5.82 Å². The van der Waals surface area contributed by atoms with Crippen LogP contribution in [0.1, 0.15) is 25.8 Å². The molecular formula is C24H24ClFN4. The fourth-order valence-corrected chi connectivity index (χ4v) is 5.00. The fraction of sp³-hybridized carbons (Fsp3) is 0.375. The summed E-state index contributed by atoms with van der Waals surface area (Å²) in [4.78, 5) is 9.45. The Morgan fingerprint density at radius 3 is 2.60 bits per heavy atom. The van der Waals surface area contributed by atoms with Crippen LogP contribution in [0.25, 0.3) is 33.1 Å². The van der Waals surface area contributed by atoms with E-state index in [1.54, 1.807) is 6.07 Å². The van der Waals surface area contributed by atoms with Crippen LogP contribution in [0.15, 0.2) is 36.5 Å². The zero-order valence-electron chi connectivity index (χ0n) is 17.0. The van der Waals surface area contributed by atoms with Crippen LogP contribution in [0.4, 0.5) is 10.1 Å². The maximum atomic E-state index is 15.4. The van der Waals surface area contributed by atoms with Crippen LogP contribution in [0.3, 0.4) is 0 Å². The molecule has 0 unspecified atom stereocenters. The highest BCUT2D eigenvalue weighted by Gasteiger charge is 2.29. The van der Waals surface area contributed by atoms with Gasteiger partial charge in [0.2, 0.25) is 0 Å². The number of likely N-dealkylation sites (N-methyl/N-ethyl adjacent to an activating group) is 1. The lowest BCUT2D eigenvalue weighted by Crippen LogP contribution is -2.46. The van der Waals surface area contributed by atoms with Crippen LogP contribution in [0.2, 0.25) is 5.02 Å². The molecule has 3 heterocycles. The predicted octanol–water partition coefficient (Wildman–Crippen LogP) is 5.56. The fourth-order valence-electron chi connectivity index (χ4n) is 4.83. The van der Waals surface area contributed by atoms with Gasteiger partial charge in [-0.25, -0.2) is 9.37 Å². The molecule has 0 bridgehead atoms. The molecule has 6 heteroatoms. The van der Waals surface area contributed by atoms with Crippen molar-refractivity contribution in [2.45, 2.75) is 25.8 Å². The predicted molar refractivity (Wildman–Crippen MR) is 121 cm³/mol. The van der Waals surface area contributed by atoms with E-state index >= 15 is 4.39 Å². The first-order valence-electron chi connectivity index (χ1n) is 10.8. The third kappa shape index (κ3) is 2.87. The molecule has 1 saturated heterocycles. The lowest BCUT2D eigenvalue weighted by Gasteiger charge is -2.35. The summed E-state index contributed by atoms with van der Waals surface area (Å²) in [6, 6.07) is 10.1. The molecular weight excluding hydrogens is 399 g/mol. The van der Waals surface area contributed by atoms with Crippen LogP contribution in [0, 0.1) is 5.82 Å². The Balaban J connectivity index is 1.56. The van der Waals surface area contributed by atoms with Gasteiger partial charge < -0.3 is 14.4 Å². The van der Waals surface area contributed by atoms with Crippen LogP contribution >= 0.6 is 11.6 Å². The second kappa shape index (κ2) is 6.82. The summed E-state index contributed by atoms with van der Waals surface area (Å²) in [6.07, 6.45) is 4.56. The highest BCUT2D eigenvalue weighted by Crippen LogP contribution is 2.44. The monoisotopic (exact) mass is 422 g/mol. The second-order valence-electron chi connectivity index (χ2n) is 8.55. The van der Waals surface area contributed by atoms with Crippen LogP contribution < -0.4 is 4.90 Å². The van der Waals surface area contributed by atoms with Crippen LogP contribution in [-0.2, 0) is 0 Å². The molecule has 1 aliphatic carbocycles. The summed E-state index contributed by atoms with van der Waals surface area (Å²) in [5.41, 5.74) is 4.59. The van der Waals surface area contributed by atoms with E-state index in [1.807, 2.05) is 18.2 Å². The van der Waals surface area contributed by atoms with E-state index in [0.29, 0.717) is 16.8 Å². The van der Waals surface area contributed by atoms with Crippen molar-refractivity contribution in [2.24, 2.45) is 0 Å². The number of benzene rings is 2. The minimum absolute atomic E-state index is 0.160. The molecule has 0 radical (unpaired) electrons. The Morgan fingerprint density at radius 1 is 1.07 bits per heavy atom. The number of halogens is 2. The number of rotatable bonds is 3. The number of pyridine rings is 1. The van der Waals surface area contributed by atoms with Gasteiger partial charge >= 0.3 is 0 Å². The van der Waals surface area contributed by atoms with E-state index in [2.05, 4.69) is 33.6 Å². The Hall–Kier alpha value is -2.37. The molecule has 0 spiro atoms. The molecule has 154 valence electrons. The van der Waals surface area contributed by atoms with Gasteiger partial charge in [-0.15, -0.1) is 0 Å². The Labute approximate surface area is 180 Å². The van der Waals surface area contributed by atoms with Crippen LogP contribution in [-0.4, -0.2) is 47.2 Å². The number of hydrogen-bond donors (Lipinski definition) is 0. The van der Waals surface area contributed by atoms with Gasteiger partial charge in [-0.1, -0.05) is 24.6 Å². The number of aromatic nitrogens is 2. The minimum Gasteiger partial charge on any atom is -0.367 e. The molecule has 30 heavy (non-hydrogen) atoms. The molecule has 4 nitrogen and oxygen atoms in total. The van der Waals surface area contributed by atoms with E-state index < -0.39 is 0 Å². The largest absolute Gasteiger partial charge is 0.367 e. The SMILES string of the molecule is CCN1CCN(c2cc3c(cc2F)c2nc4cc(Cl)ccc4c-2cn3C2CC2)CC1. The lowest BCUT2D eigenvalue weighted by molar-refractivity contribution is 0.270. The average molecular weight is 423 g/mol. The van der Waals surface area contributed by atoms with Gasteiger partial charge in [0.25, 0.3) is 0 Å². The number of piperazine rings is 1. The Bertz CT molecular complexity index is 1240. The Morgan fingerprint density at radius 2 is 1.87 bits per heavy atom. The average Bonchev–Trinajstić information content (AvgIpc) is 3.54. The number of anilines is 1. The van der Waals surface area contributed by atoms with Crippen molar-refractivity contribution in [1.29, 1.82) is 0 Å². The zero-order chi connectivity index (χ0) is 20.4. The van der Waals surface area contributed by atoms with Gasteiger partial charge in [-0.3, -0.25) is 0 Å². The molecule has 6 rings (SSSR count). The van der Waals surface area contributed by atoms with Crippen molar-refractivity contribution < 1.29 is 4.39 Å². The molecule has 0 amide bonds. The van der Waals surface area contributed by atoms with Crippen molar-refractivity contribution in [1.82, 2.24) is 14.5 Å². The summed E-state index contributed by atoms with van der Waals surface area (Å²) < 4.78 is 17.7. The quantitative estimate of drug-likeness (QED) is 0.431. The molecule has 0 aromatic heterocycles. The number of fused-ring (bicyclic) bond motifs is 5. The zero-order valence-corrected chi connectivity index (χ0v) is 17.8. The maximum Gasteiger partial charge on any atom is 0.147 e. The molecule has 2 fully saturated rings. The van der Waals surface area contributed by atoms with E-state index in [0.717, 1.165) is 65.8 Å². The van der Waals surface area contributed by atoms with Crippen molar-refractivity contribution >= 4 is 39.1 Å². The number of hydrogen-bond acceptors (Lipinski definition) is 3. The molecule has 2 aromatic carbocycles. The molecule has 2 aromatic rings. The first kappa shape index (κ1) is 18.4. The summed E-state index contributed by atoms with van der Waals surface area (Å²) >= 11 is 6.19. The second-order valence-corrected chi connectivity index (χ2v) is 8.98. The highest BCUT2D eigenvalue weighted by molar-refractivity contribution is 6.31. The molecule has 0 atom stereocenters. The molecule has 3 aliphatic heterocycles. The number of nitrogens with zero attached hydrogens (tertiary/aromatic N) is 4. The molecule has 1 saturated carbocycles. The third-order valence-corrected chi connectivity index (χ3v) is 6.94. The summed E-state index contributed by atoms with van der Waals surface area (Å²) in [7, 11) is 0. The maximum absolute atomic E-state index is 15.4. The Kier molecular flexibility index (Phi) is 4.19. The van der Waals surface area contributed by atoms with E-state index in [4.69, 9.17) is 16.6 Å².